The number of imide groups is 1. The van der Waals surface area contributed by atoms with E-state index < -0.39 is 29.5 Å². The molecule has 0 bridgehead atoms. The van der Waals surface area contributed by atoms with Gasteiger partial charge in [0.25, 0.3) is 11.8 Å². The van der Waals surface area contributed by atoms with Gasteiger partial charge in [-0.25, -0.2) is 9.29 Å². The summed E-state index contributed by atoms with van der Waals surface area (Å²) in [7, 11) is 0. The molecule has 4 rings (SSSR count). The van der Waals surface area contributed by atoms with E-state index in [4.69, 9.17) is 4.74 Å². The number of hydrogen-bond acceptors (Lipinski definition) is 5. The molecule has 3 aromatic carbocycles. The Bertz CT molecular complexity index is 1320. The number of amides is 2. The number of fused-ring (bicyclic) bond motifs is 2. The number of anilines is 1. The number of rotatable bonds is 6. The molecule has 33 heavy (non-hydrogen) atoms. The zero-order valence-corrected chi connectivity index (χ0v) is 18.3. The maximum atomic E-state index is 14.9. The summed E-state index contributed by atoms with van der Waals surface area (Å²) >= 11 is 0. The molecule has 0 aromatic heterocycles. The van der Waals surface area contributed by atoms with E-state index in [1.54, 1.807) is 45.0 Å². The highest BCUT2D eigenvalue weighted by atomic mass is 19.1. The van der Waals surface area contributed by atoms with E-state index >= 15 is 0 Å². The summed E-state index contributed by atoms with van der Waals surface area (Å²) < 4.78 is 20.7. The molecule has 0 spiro atoms. The lowest BCUT2D eigenvalue weighted by Crippen LogP contribution is -2.29. The van der Waals surface area contributed by atoms with Crippen LogP contribution >= 0.6 is 0 Å². The lowest BCUT2D eigenvalue weighted by atomic mass is 9.96. The van der Waals surface area contributed by atoms with Crippen molar-refractivity contribution in [3.8, 4) is 11.5 Å². The van der Waals surface area contributed by atoms with E-state index in [1.165, 1.54) is 12.1 Å². The van der Waals surface area contributed by atoms with E-state index in [-0.39, 0.29) is 46.4 Å². The zero-order chi connectivity index (χ0) is 24.0. The van der Waals surface area contributed by atoms with E-state index in [0.717, 1.165) is 11.0 Å². The summed E-state index contributed by atoms with van der Waals surface area (Å²) in [6.45, 7) is 5.17. The van der Waals surface area contributed by atoms with Crippen molar-refractivity contribution in [1.29, 1.82) is 0 Å². The number of phenols is 1. The van der Waals surface area contributed by atoms with Gasteiger partial charge in [-0.05, 0) is 32.4 Å². The molecule has 0 fully saturated rings. The Morgan fingerprint density at radius 1 is 1.06 bits per heavy atom. The number of carboxylic acid groups (broad SMARTS) is 1. The van der Waals surface area contributed by atoms with Crippen LogP contribution in [0.15, 0.2) is 42.5 Å². The number of carbonyl (C=O) groups is 3. The monoisotopic (exact) mass is 451 g/mol. The van der Waals surface area contributed by atoms with Crippen LogP contribution in [-0.2, 0) is 4.79 Å². The molecule has 0 saturated heterocycles. The van der Waals surface area contributed by atoms with Crippen LogP contribution < -0.4 is 9.64 Å². The first-order chi connectivity index (χ1) is 15.7. The smallest absolute Gasteiger partial charge is 0.311 e. The third kappa shape index (κ3) is 3.47. The molecule has 2 amide bonds. The lowest BCUT2D eigenvalue weighted by Gasteiger charge is -2.17. The van der Waals surface area contributed by atoms with Gasteiger partial charge in [0, 0.05) is 16.3 Å². The molecule has 0 aliphatic carbocycles. The largest absolute Gasteiger partial charge is 0.506 e. The topological polar surface area (TPSA) is 104 Å². The van der Waals surface area contributed by atoms with Crippen molar-refractivity contribution in [2.75, 3.05) is 4.90 Å². The number of ether oxygens (including phenoxy) is 1. The first kappa shape index (κ1) is 22.3. The van der Waals surface area contributed by atoms with Gasteiger partial charge in [0.2, 0.25) is 0 Å². The maximum absolute atomic E-state index is 14.9. The minimum atomic E-state index is -1.17. The summed E-state index contributed by atoms with van der Waals surface area (Å²) in [5, 5.41) is 21.0. The molecule has 2 N–H and O–H groups in total. The van der Waals surface area contributed by atoms with Gasteiger partial charge in [-0.3, -0.25) is 14.4 Å². The Morgan fingerprint density at radius 2 is 1.70 bits per heavy atom. The van der Waals surface area contributed by atoms with Crippen LogP contribution in [-0.4, -0.2) is 34.1 Å². The van der Waals surface area contributed by atoms with Crippen LogP contribution in [0.1, 0.15) is 59.4 Å². The van der Waals surface area contributed by atoms with Gasteiger partial charge in [-0.2, -0.15) is 0 Å². The van der Waals surface area contributed by atoms with E-state index in [0.29, 0.717) is 10.8 Å². The van der Waals surface area contributed by atoms with Gasteiger partial charge in [0.05, 0.1) is 28.8 Å². The second kappa shape index (κ2) is 8.20. The SMILES string of the molecule is CCC(C(=O)O)c1ccc(N2C(=O)c3c(c(OC(C)C)c4ccccc4c3O)C2=O)cc1F. The Kier molecular flexibility index (Phi) is 5.53. The van der Waals surface area contributed by atoms with Crippen LogP contribution in [0.3, 0.4) is 0 Å². The minimum Gasteiger partial charge on any atom is -0.506 e. The summed E-state index contributed by atoms with van der Waals surface area (Å²) in [6, 6.07) is 10.3. The highest BCUT2D eigenvalue weighted by Gasteiger charge is 2.43. The van der Waals surface area contributed by atoms with Gasteiger partial charge >= 0.3 is 5.97 Å². The normalized spacial score (nSPS) is 14.2. The highest BCUT2D eigenvalue weighted by molar-refractivity contribution is 6.38. The molecule has 1 aliphatic rings. The quantitative estimate of drug-likeness (QED) is 0.519. The highest BCUT2D eigenvalue weighted by Crippen LogP contribution is 2.46. The van der Waals surface area contributed by atoms with Crippen LogP contribution in [0.4, 0.5) is 10.1 Å². The molecule has 0 saturated carbocycles. The van der Waals surface area contributed by atoms with Crippen LogP contribution in [0.2, 0.25) is 0 Å². The van der Waals surface area contributed by atoms with Gasteiger partial charge in [0.1, 0.15) is 17.3 Å². The average molecular weight is 451 g/mol. The predicted molar refractivity (Wildman–Crippen MR) is 120 cm³/mol. The molecule has 0 radical (unpaired) electrons. The fourth-order valence-electron chi connectivity index (χ4n) is 4.17. The Morgan fingerprint density at radius 3 is 2.27 bits per heavy atom. The van der Waals surface area contributed by atoms with E-state index in [1.807, 2.05) is 0 Å². The number of nitrogens with zero attached hydrogens (tertiary/aromatic N) is 1. The second-order valence-corrected chi connectivity index (χ2v) is 8.09. The number of phenolic OH excluding ortho intramolecular Hbond substituents is 1. The van der Waals surface area contributed by atoms with Crippen LogP contribution in [0, 0.1) is 5.82 Å². The fraction of sp³-hybridized carbons (Fsp3) is 0.240. The van der Waals surface area contributed by atoms with E-state index in [2.05, 4.69) is 0 Å². The fourth-order valence-corrected chi connectivity index (χ4v) is 4.17. The van der Waals surface area contributed by atoms with Crippen molar-refractivity contribution in [3.05, 3.63) is 65.0 Å². The van der Waals surface area contributed by atoms with Crippen molar-refractivity contribution >= 4 is 34.2 Å². The molecule has 7 nitrogen and oxygen atoms in total. The molecular formula is C25H22FNO6. The Labute approximate surface area is 189 Å². The van der Waals surface area contributed by atoms with Crippen molar-refractivity contribution in [2.45, 2.75) is 39.2 Å². The Balaban J connectivity index is 1.88. The molecule has 1 unspecified atom stereocenters. The molecule has 1 atom stereocenters. The molecule has 1 heterocycles. The van der Waals surface area contributed by atoms with Crippen molar-refractivity contribution < 1.29 is 33.7 Å². The molecule has 1 aliphatic heterocycles. The summed E-state index contributed by atoms with van der Waals surface area (Å²) in [6.07, 6.45) is -0.146. The van der Waals surface area contributed by atoms with Crippen LogP contribution in [0.25, 0.3) is 10.8 Å². The second-order valence-electron chi connectivity index (χ2n) is 8.09. The van der Waals surface area contributed by atoms with E-state index in [9.17, 15) is 29.0 Å². The number of aromatic hydroxyl groups is 1. The molecule has 170 valence electrons. The maximum Gasteiger partial charge on any atom is 0.311 e. The van der Waals surface area contributed by atoms with Gasteiger partial charge in [0.15, 0.2) is 0 Å². The summed E-state index contributed by atoms with van der Waals surface area (Å²) in [5.74, 6) is -4.83. The van der Waals surface area contributed by atoms with Crippen molar-refractivity contribution in [1.82, 2.24) is 0 Å². The van der Waals surface area contributed by atoms with Crippen LogP contribution in [0.5, 0.6) is 11.5 Å². The molecular weight excluding hydrogens is 429 g/mol. The van der Waals surface area contributed by atoms with Gasteiger partial charge in [-0.15, -0.1) is 0 Å². The number of aliphatic carboxylic acids is 1. The first-order valence-corrected chi connectivity index (χ1v) is 10.5. The number of halogens is 1. The van der Waals surface area contributed by atoms with Gasteiger partial charge in [-0.1, -0.05) is 37.3 Å². The standard InChI is InChI=1S/C25H22FNO6/c1-4-14(25(31)32)15-10-9-13(11-18(15)26)27-23(29)19-20(24(27)30)22(33-12(2)3)17-8-6-5-7-16(17)21(19)28/h5-12,14,28H,4H2,1-3H3,(H,31,32). The average Bonchev–Trinajstić information content (AvgIpc) is 3.03. The lowest BCUT2D eigenvalue weighted by molar-refractivity contribution is -0.138. The summed E-state index contributed by atoms with van der Waals surface area (Å²) in [5.41, 5.74) is -0.411. The van der Waals surface area contributed by atoms with Crippen molar-refractivity contribution in [2.24, 2.45) is 0 Å². The third-order valence-electron chi connectivity index (χ3n) is 5.65. The third-order valence-corrected chi connectivity index (χ3v) is 5.65. The molecule has 8 heteroatoms. The first-order valence-electron chi connectivity index (χ1n) is 10.5. The number of benzene rings is 3. The van der Waals surface area contributed by atoms with Gasteiger partial charge < -0.3 is 14.9 Å². The zero-order valence-electron chi connectivity index (χ0n) is 18.3. The Hall–Kier alpha value is -3.94. The predicted octanol–water partition coefficient (Wildman–Crippen LogP) is 4.85. The number of hydrogen-bond donors (Lipinski definition) is 2. The summed E-state index contributed by atoms with van der Waals surface area (Å²) in [4.78, 5) is 38.9. The molecule has 3 aromatic rings. The minimum absolute atomic E-state index is 0.0391. The van der Waals surface area contributed by atoms with Crippen molar-refractivity contribution in [3.63, 3.8) is 0 Å². The number of carbonyl (C=O) groups excluding carboxylic acids is 2. The number of carboxylic acids is 1.